The van der Waals surface area contributed by atoms with Crippen LogP contribution in [-0.2, 0) is 4.79 Å². The average molecular weight is 142 g/mol. The molecular weight excluding hydrogens is 140 g/mol. The Hall–Kier alpha value is -1.10. The molecule has 0 saturated carbocycles. The standard InChI is InChI=1S/C4H2N2O2S/c7-1-3(8)4-5-2-6-9-4/h1-2H. The third-order valence-corrected chi connectivity index (χ3v) is 1.36. The fourth-order valence-electron chi connectivity index (χ4n) is 0.332. The monoisotopic (exact) mass is 142 g/mol. The van der Waals surface area contributed by atoms with Gasteiger partial charge >= 0.3 is 0 Å². The van der Waals surface area contributed by atoms with Crippen molar-refractivity contribution in [2.75, 3.05) is 0 Å². The molecule has 0 aliphatic carbocycles. The zero-order chi connectivity index (χ0) is 6.69. The van der Waals surface area contributed by atoms with Crippen molar-refractivity contribution in [1.82, 2.24) is 9.36 Å². The van der Waals surface area contributed by atoms with Crippen molar-refractivity contribution in [2.45, 2.75) is 0 Å². The molecular formula is C4H2N2O2S. The van der Waals surface area contributed by atoms with Crippen molar-refractivity contribution >= 4 is 23.6 Å². The molecule has 46 valence electrons. The molecule has 9 heavy (non-hydrogen) atoms. The molecule has 0 aliphatic rings. The molecule has 0 saturated heterocycles. The number of aromatic nitrogens is 2. The van der Waals surface area contributed by atoms with E-state index < -0.39 is 5.78 Å². The third kappa shape index (κ3) is 1.17. The Morgan fingerprint density at radius 2 is 2.56 bits per heavy atom. The molecule has 0 N–H and O–H groups in total. The lowest BCUT2D eigenvalue weighted by molar-refractivity contribution is -0.104. The number of nitrogens with zero attached hydrogens (tertiary/aromatic N) is 2. The first-order valence-electron chi connectivity index (χ1n) is 2.11. The van der Waals surface area contributed by atoms with Crippen LogP contribution in [0.15, 0.2) is 6.33 Å². The van der Waals surface area contributed by atoms with E-state index in [-0.39, 0.29) is 11.3 Å². The summed E-state index contributed by atoms with van der Waals surface area (Å²) in [5.41, 5.74) is 0. The second kappa shape index (κ2) is 2.45. The van der Waals surface area contributed by atoms with Crippen molar-refractivity contribution in [2.24, 2.45) is 0 Å². The molecule has 0 spiro atoms. The zero-order valence-corrected chi connectivity index (χ0v) is 5.09. The SMILES string of the molecule is O=CC(=O)c1ncns1. The normalized spacial score (nSPS) is 8.89. The summed E-state index contributed by atoms with van der Waals surface area (Å²) in [5, 5.41) is 0.144. The number of carbonyl (C=O) groups is 2. The van der Waals surface area contributed by atoms with E-state index in [0.717, 1.165) is 11.5 Å². The summed E-state index contributed by atoms with van der Waals surface area (Å²) < 4.78 is 3.54. The molecule has 0 radical (unpaired) electrons. The van der Waals surface area contributed by atoms with Crippen LogP contribution in [0.1, 0.15) is 9.80 Å². The molecule has 0 aliphatic heterocycles. The van der Waals surface area contributed by atoms with E-state index in [2.05, 4.69) is 9.36 Å². The maximum absolute atomic E-state index is 10.4. The maximum Gasteiger partial charge on any atom is 0.255 e. The lowest BCUT2D eigenvalue weighted by Gasteiger charge is -1.75. The van der Waals surface area contributed by atoms with Gasteiger partial charge in [0, 0.05) is 0 Å². The molecule has 0 fully saturated rings. The Morgan fingerprint density at radius 1 is 1.78 bits per heavy atom. The predicted octanol–water partition coefficient (Wildman–Crippen LogP) is -0.0803. The van der Waals surface area contributed by atoms with Gasteiger partial charge in [0.15, 0.2) is 11.3 Å². The van der Waals surface area contributed by atoms with Crippen LogP contribution in [0, 0.1) is 0 Å². The van der Waals surface area contributed by atoms with Crippen LogP contribution < -0.4 is 0 Å². The highest BCUT2D eigenvalue weighted by molar-refractivity contribution is 7.08. The van der Waals surface area contributed by atoms with Gasteiger partial charge < -0.3 is 0 Å². The number of aldehydes is 1. The largest absolute Gasteiger partial charge is 0.294 e. The van der Waals surface area contributed by atoms with Crippen LogP contribution in [0.4, 0.5) is 0 Å². The molecule has 0 bridgehead atoms. The van der Waals surface area contributed by atoms with Gasteiger partial charge in [0.25, 0.3) is 5.78 Å². The molecule has 0 aromatic carbocycles. The molecule has 1 aromatic rings. The number of hydrogen-bond donors (Lipinski definition) is 0. The lowest BCUT2D eigenvalue weighted by atomic mass is 10.5. The fourth-order valence-corrected chi connectivity index (χ4v) is 0.759. The Kier molecular flexibility index (Phi) is 1.64. The van der Waals surface area contributed by atoms with E-state index in [0.29, 0.717) is 0 Å². The molecule has 5 heteroatoms. The molecule has 1 aromatic heterocycles. The molecule has 1 rings (SSSR count). The van der Waals surface area contributed by atoms with Gasteiger partial charge in [0.2, 0.25) is 0 Å². The Morgan fingerprint density at radius 3 is 3.00 bits per heavy atom. The first kappa shape index (κ1) is 6.03. The van der Waals surface area contributed by atoms with E-state index in [1.807, 2.05) is 0 Å². The Balaban J connectivity index is 2.89. The lowest BCUT2D eigenvalue weighted by Crippen LogP contribution is -1.97. The van der Waals surface area contributed by atoms with Gasteiger partial charge in [-0.1, -0.05) is 0 Å². The highest BCUT2D eigenvalue weighted by Crippen LogP contribution is 1.97. The Bertz CT molecular complexity index is 218. The second-order valence-electron chi connectivity index (χ2n) is 1.23. The van der Waals surface area contributed by atoms with Crippen molar-refractivity contribution in [3.63, 3.8) is 0 Å². The van der Waals surface area contributed by atoms with Crippen LogP contribution in [0.25, 0.3) is 0 Å². The van der Waals surface area contributed by atoms with Gasteiger partial charge in [-0.2, -0.15) is 4.37 Å². The van der Waals surface area contributed by atoms with Gasteiger partial charge in [0.1, 0.15) is 6.33 Å². The molecule has 0 unspecified atom stereocenters. The molecule has 4 nitrogen and oxygen atoms in total. The first-order valence-corrected chi connectivity index (χ1v) is 2.88. The van der Waals surface area contributed by atoms with Gasteiger partial charge in [-0.3, -0.25) is 9.59 Å². The van der Waals surface area contributed by atoms with Crippen molar-refractivity contribution in [3.8, 4) is 0 Å². The van der Waals surface area contributed by atoms with Crippen LogP contribution in [0.5, 0.6) is 0 Å². The summed E-state index contributed by atoms with van der Waals surface area (Å²) in [6.07, 6.45) is 1.46. The summed E-state index contributed by atoms with van der Waals surface area (Å²) in [6.45, 7) is 0. The smallest absolute Gasteiger partial charge is 0.255 e. The maximum atomic E-state index is 10.4. The summed E-state index contributed by atoms with van der Waals surface area (Å²) in [6, 6.07) is 0. The summed E-state index contributed by atoms with van der Waals surface area (Å²) in [5.74, 6) is -0.613. The first-order chi connectivity index (χ1) is 4.34. The molecule has 0 amide bonds. The van der Waals surface area contributed by atoms with Crippen LogP contribution in [-0.4, -0.2) is 21.4 Å². The van der Waals surface area contributed by atoms with Gasteiger partial charge in [-0.15, -0.1) is 0 Å². The van der Waals surface area contributed by atoms with Gasteiger partial charge in [-0.25, -0.2) is 4.98 Å². The van der Waals surface area contributed by atoms with Crippen LogP contribution >= 0.6 is 11.5 Å². The highest BCUT2D eigenvalue weighted by Gasteiger charge is 2.05. The van der Waals surface area contributed by atoms with Crippen LogP contribution in [0.3, 0.4) is 0 Å². The summed E-state index contributed by atoms with van der Waals surface area (Å²) in [4.78, 5) is 23.7. The topological polar surface area (TPSA) is 59.9 Å². The Labute approximate surface area is 54.7 Å². The van der Waals surface area contributed by atoms with Crippen molar-refractivity contribution < 1.29 is 9.59 Å². The summed E-state index contributed by atoms with van der Waals surface area (Å²) >= 11 is 0.914. The number of ketones is 1. The minimum Gasteiger partial charge on any atom is -0.294 e. The summed E-state index contributed by atoms with van der Waals surface area (Å²) in [7, 11) is 0. The number of carbonyl (C=O) groups excluding carboxylic acids is 2. The van der Waals surface area contributed by atoms with E-state index >= 15 is 0 Å². The van der Waals surface area contributed by atoms with Gasteiger partial charge in [-0.05, 0) is 11.5 Å². The predicted molar refractivity (Wildman–Crippen MR) is 30.3 cm³/mol. The quantitative estimate of drug-likeness (QED) is 0.329. The number of rotatable bonds is 2. The van der Waals surface area contributed by atoms with E-state index in [1.54, 1.807) is 0 Å². The van der Waals surface area contributed by atoms with Crippen LogP contribution in [0.2, 0.25) is 0 Å². The fraction of sp³-hybridized carbons (Fsp3) is 0. The van der Waals surface area contributed by atoms with Crippen molar-refractivity contribution in [1.29, 1.82) is 0 Å². The molecule has 0 atom stereocenters. The minimum absolute atomic E-state index is 0.144. The molecule has 1 heterocycles. The average Bonchev–Trinajstić information content (AvgIpc) is 2.37. The number of hydrogen-bond acceptors (Lipinski definition) is 5. The van der Waals surface area contributed by atoms with Gasteiger partial charge in [0.05, 0.1) is 0 Å². The van der Waals surface area contributed by atoms with E-state index in [9.17, 15) is 9.59 Å². The van der Waals surface area contributed by atoms with Crippen molar-refractivity contribution in [3.05, 3.63) is 11.3 Å². The van der Waals surface area contributed by atoms with E-state index in [4.69, 9.17) is 0 Å². The third-order valence-electron chi connectivity index (χ3n) is 0.679. The zero-order valence-electron chi connectivity index (χ0n) is 4.27. The second-order valence-corrected chi connectivity index (χ2v) is 2.01. The van der Waals surface area contributed by atoms with E-state index in [1.165, 1.54) is 6.33 Å². The number of Topliss-reactive ketones (excluding diaryl/α,β-unsaturated/α-hetero) is 1. The highest BCUT2D eigenvalue weighted by atomic mass is 32.1. The minimum atomic E-state index is -0.613.